The molecule has 0 spiro atoms. The molecule has 9 heteroatoms. The predicted molar refractivity (Wildman–Crippen MR) is 110 cm³/mol. The van der Waals surface area contributed by atoms with Gasteiger partial charge in [0.25, 0.3) is 5.91 Å². The number of halogens is 3. The van der Waals surface area contributed by atoms with Crippen LogP contribution in [0.3, 0.4) is 0 Å². The number of amides is 1. The Labute approximate surface area is 172 Å². The van der Waals surface area contributed by atoms with Gasteiger partial charge in [-0.25, -0.2) is 0 Å². The zero-order valence-corrected chi connectivity index (χ0v) is 16.4. The number of hydrogen-bond donors (Lipinski definition) is 2. The van der Waals surface area contributed by atoms with Gasteiger partial charge in [0.1, 0.15) is 0 Å². The molecule has 0 bridgehead atoms. The van der Waals surface area contributed by atoms with Crippen molar-refractivity contribution in [1.29, 1.82) is 0 Å². The van der Waals surface area contributed by atoms with E-state index in [2.05, 4.69) is 20.5 Å². The molecule has 0 radical (unpaired) electrons. The highest BCUT2D eigenvalue weighted by atomic mass is 32.1. The van der Waals surface area contributed by atoms with Gasteiger partial charge in [-0.3, -0.25) is 15.1 Å². The first-order valence-corrected chi connectivity index (χ1v) is 9.74. The summed E-state index contributed by atoms with van der Waals surface area (Å²) in [6.07, 6.45) is 2.58. The van der Waals surface area contributed by atoms with Gasteiger partial charge in [-0.1, -0.05) is 12.8 Å². The molecule has 1 aliphatic heterocycles. The van der Waals surface area contributed by atoms with Crippen LogP contribution in [0.2, 0.25) is 0 Å². The lowest BCUT2D eigenvalue weighted by Crippen LogP contribution is -2.35. The third-order valence-electron chi connectivity index (χ3n) is 4.67. The van der Waals surface area contributed by atoms with Crippen molar-refractivity contribution >= 4 is 34.6 Å². The number of anilines is 2. The Bertz CT molecular complexity index is 866. The zero-order valence-electron chi connectivity index (χ0n) is 15.6. The van der Waals surface area contributed by atoms with Crippen LogP contribution in [0, 0.1) is 0 Å². The molecule has 0 atom stereocenters. The summed E-state index contributed by atoms with van der Waals surface area (Å²) < 4.78 is 39.7. The van der Waals surface area contributed by atoms with Crippen molar-refractivity contribution in [2.75, 3.05) is 23.3 Å². The quantitative estimate of drug-likeness (QED) is 0.708. The number of benzene rings is 1. The van der Waals surface area contributed by atoms with E-state index in [1.165, 1.54) is 18.5 Å². The second-order valence-corrected chi connectivity index (χ2v) is 7.19. The van der Waals surface area contributed by atoms with Gasteiger partial charge in [0, 0.05) is 25.5 Å². The van der Waals surface area contributed by atoms with E-state index in [1.54, 1.807) is 12.1 Å². The average Bonchev–Trinajstić information content (AvgIpc) is 2.97. The van der Waals surface area contributed by atoms with Crippen LogP contribution >= 0.6 is 12.2 Å². The first-order valence-electron chi connectivity index (χ1n) is 9.33. The molecule has 1 aromatic heterocycles. The van der Waals surface area contributed by atoms with Gasteiger partial charge in [-0.05, 0) is 55.4 Å². The third kappa shape index (κ3) is 5.66. The highest BCUT2D eigenvalue weighted by molar-refractivity contribution is 7.80. The number of hydrogen-bond acceptors (Lipinski definition) is 4. The smallest absolute Gasteiger partial charge is 0.370 e. The van der Waals surface area contributed by atoms with Gasteiger partial charge in [0.05, 0.1) is 22.5 Å². The van der Waals surface area contributed by atoms with Crippen molar-refractivity contribution in [3.8, 4) is 0 Å². The van der Waals surface area contributed by atoms with Crippen LogP contribution in [-0.4, -0.2) is 29.1 Å². The molecule has 0 saturated carbocycles. The molecular weight excluding hydrogens is 401 g/mol. The second-order valence-electron chi connectivity index (χ2n) is 6.78. The van der Waals surface area contributed by atoms with E-state index in [0.29, 0.717) is 11.3 Å². The summed E-state index contributed by atoms with van der Waals surface area (Å²) in [7, 11) is 0. The van der Waals surface area contributed by atoms with E-state index < -0.39 is 17.6 Å². The summed E-state index contributed by atoms with van der Waals surface area (Å²) in [5.41, 5.74) is 0.379. The van der Waals surface area contributed by atoms with E-state index >= 15 is 0 Å². The maximum absolute atomic E-state index is 13.2. The Kier molecular flexibility index (Phi) is 6.68. The Hall–Kier alpha value is -2.68. The average molecular weight is 422 g/mol. The molecule has 1 amide bonds. The van der Waals surface area contributed by atoms with Gasteiger partial charge in [0.2, 0.25) is 0 Å². The number of alkyl halides is 3. The minimum Gasteiger partial charge on any atom is -0.370 e. The molecular formula is C20H21F3N4OS. The largest absolute Gasteiger partial charge is 0.416 e. The monoisotopic (exact) mass is 422 g/mol. The summed E-state index contributed by atoms with van der Waals surface area (Å²) in [5.74, 6) is -0.487. The molecule has 29 heavy (non-hydrogen) atoms. The van der Waals surface area contributed by atoms with E-state index in [0.717, 1.165) is 50.9 Å². The Balaban J connectivity index is 1.82. The minimum absolute atomic E-state index is 0.0748. The summed E-state index contributed by atoms with van der Waals surface area (Å²) >= 11 is 5.17. The summed E-state index contributed by atoms with van der Waals surface area (Å²) in [5, 5.41) is 5.19. The molecule has 0 unspecified atom stereocenters. The molecule has 3 rings (SSSR count). The number of nitrogens with one attached hydrogen (secondary N) is 2. The van der Waals surface area contributed by atoms with Crippen LogP contribution in [0.1, 0.15) is 41.6 Å². The lowest BCUT2D eigenvalue weighted by molar-refractivity contribution is -0.137. The number of carbonyl (C=O) groups is 1. The number of pyridine rings is 1. The summed E-state index contributed by atoms with van der Waals surface area (Å²) in [6, 6.07) is 6.74. The molecule has 1 aromatic carbocycles. The zero-order chi connectivity index (χ0) is 20.9. The lowest BCUT2D eigenvalue weighted by atomic mass is 10.1. The number of nitrogens with zero attached hydrogens (tertiary/aromatic N) is 2. The van der Waals surface area contributed by atoms with Crippen LogP contribution < -0.4 is 15.5 Å². The van der Waals surface area contributed by atoms with Gasteiger partial charge in [0.15, 0.2) is 5.11 Å². The van der Waals surface area contributed by atoms with Gasteiger partial charge >= 0.3 is 6.18 Å². The summed E-state index contributed by atoms with van der Waals surface area (Å²) in [4.78, 5) is 18.2. The van der Waals surface area contributed by atoms with Crippen LogP contribution in [-0.2, 0) is 6.18 Å². The normalized spacial score (nSPS) is 14.8. The van der Waals surface area contributed by atoms with Crippen molar-refractivity contribution in [3.05, 3.63) is 53.9 Å². The molecule has 2 N–H and O–H groups in total. The first-order chi connectivity index (χ1) is 13.8. The minimum atomic E-state index is -4.48. The van der Waals surface area contributed by atoms with Crippen LogP contribution in [0.5, 0.6) is 0 Å². The second kappa shape index (κ2) is 9.21. The maximum Gasteiger partial charge on any atom is 0.416 e. The molecule has 1 saturated heterocycles. The van der Waals surface area contributed by atoms with E-state index in [9.17, 15) is 18.0 Å². The highest BCUT2D eigenvalue weighted by Crippen LogP contribution is 2.36. The van der Waals surface area contributed by atoms with Gasteiger partial charge in [-0.2, -0.15) is 13.2 Å². The first kappa shape index (κ1) is 21.0. The fourth-order valence-corrected chi connectivity index (χ4v) is 3.43. The van der Waals surface area contributed by atoms with Crippen LogP contribution in [0.15, 0.2) is 42.7 Å². The van der Waals surface area contributed by atoms with Crippen molar-refractivity contribution in [1.82, 2.24) is 10.3 Å². The van der Waals surface area contributed by atoms with E-state index in [4.69, 9.17) is 12.2 Å². The topological polar surface area (TPSA) is 57.3 Å². The molecule has 0 aliphatic carbocycles. The van der Waals surface area contributed by atoms with Crippen molar-refractivity contribution in [3.63, 3.8) is 0 Å². The van der Waals surface area contributed by atoms with Crippen molar-refractivity contribution in [2.45, 2.75) is 31.9 Å². The van der Waals surface area contributed by atoms with Gasteiger partial charge in [-0.15, -0.1) is 0 Å². The fraction of sp³-hybridized carbons (Fsp3) is 0.350. The van der Waals surface area contributed by atoms with E-state index in [1.807, 2.05) is 0 Å². The van der Waals surface area contributed by atoms with Crippen LogP contribution in [0.25, 0.3) is 0 Å². The van der Waals surface area contributed by atoms with Crippen LogP contribution in [0.4, 0.5) is 24.5 Å². The van der Waals surface area contributed by atoms with Gasteiger partial charge < -0.3 is 10.2 Å². The number of carbonyl (C=O) groups excluding carboxylic acids is 1. The molecule has 5 nitrogen and oxygen atoms in total. The van der Waals surface area contributed by atoms with Crippen molar-refractivity contribution in [2.24, 2.45) is 0 Å². The predicted octanol–water partition coefficient (Wildman–Crippen LogP) is 4.61. The molecule has 1 aliphatic rings. The number of rotatable bonds is 3. The third-order valence-corrected chi connectivity index (χ3v) is 4.87. The summed E-state index contributed by atoms with van der Waals surface area (Å²) in [6.45, 7) is 1.52. The van der Waals surface area contributed by atoms with Crippen molar-refractivity contribution < 1.29 is 18.0 Å². The molecule has 2 heterocycles. The Morgan fingerprint density at radius 2 is 1.83 bits per heavy atom. The molecule has 154 valence electrons. The fourth-order valence-electron chi connectivity index (χ4n) is 3.23. The Morgan fingerprint density at radius 3 is 2.45 bits per heavy atom. The lowest BCUT2D eigenvalue weighted by Gasteiger charge is -2.26. The Morgan fingerprint density at radius 1 is 1.10 bits per heavy atom. The maximum atomic E-state index is 13.2. The highest BCUT2D eigenvalue weighted by Gasteiger charge is 2.31. The van der Waals surface area contributed by atoms with E-state index in [-0.39, 0.29) is 10.8 Å². The SMILES string of the molecule is O=C(NC(=S)Nc1cc(C(F)(F)F)ccc1N1CCCCCC1)c1cccnc1. The molecule has 2 aromatic rings. The number of aromatic nitrogens is 1. The standard InChI is InChI=1S/C20H21F3N4OS/c21-20(22,23)15-7-8-17(27-10-3-1-2-4-11-27)16(12-15)25-19(29)26-18(28)14-6-5-9-24-13-14/h5-9,12-13H,1-4,10-11H2,(H2,25,26,28,29). The molecule has 1 fully saturated rings. The number of thiocarbonyl (C=S) groups is 1.